The van der Waals surface area contributed by atoms with Crippen LogP contribution in [0.25, 0.3) is 33.0 Å². The molecule has 3 heterocycles. The number of rotatable bonds is 7. The summed E-state index contributed by atoms with van der Waals surface area (Å²) in [7, 11) is 0. The van der Waals surface area contributed by atoms with E-state index >= 15 is 0 Å². The zero-order valence-electron chi connectivity index (χ0n) is 20.8. The van der Waals surface area contributed by atoms with E-state index < -0.39 is 0 Å². The molecule has 2 aromatic heterocycles. The molecule has 0 atom stereocenters. The van der Waals surface area contributed by atoms with Gasteiger partial charge in [-0.25, -0.2) is 0 Å². The standard InChI is InChI=1S/C31H25N3O4/c1-2-38-27(35)19-33-18-24(22-13-7-9-15-26(22)33)29-28(23-16-32-25-14-8-6-12-21(23)25)30(36)34(31(29)37)17-20-10-4-3-5-11-20/h3-16,18,32H,2,17,19H2,1H3. The van der Waals surface area contributed by atoms with Gasteiger partial charge < -0.3 is 14.3 Å². The van der Waals surface area contributed by atoms with E-state index in [0.29, 0.717) is 22.3 Å². The molecule has 1 aliphatic rings. The third-order valence-corrected chi connectivity index (χ3v) is 6.87. The van der Waals surface area contributed by atoms with Crippen molar-refractivity contribution in [3.05, 3.63) is 108 Å². The number of imide groups is 1. The molecule has 7 nitrogen and oxygen atoms in total. The molecule has 6 rings (SSSR count). The van der Waals surface area contributed by atoms with Gasteiger partial charge in [0.05, 0.1) is 24.3 Å². The number of fused-ring (bicyclic) bond motifs is 2. The van der Waals surface area contributed by atoms with Crippen molar-refractivity contribution in [3.63, 3.8) is 0 Å². The number of ether oxygens (including phenoxy) is 1. The molecule has 1 N–H and O–H groups in total. The van der Waals surface area contributed by atoms with Gasteiger partial charge in [-0.15, -0.1) is 0 Å². The molecule has 0 fully saturated rings. The molecule has 188 valence electrons. The molecule has 0 unspecified atom stereocenters. The first kappa shape index (κ1) is 23.5. The maximum Gasteiger partial charge on any atom is 0.325 e. The highest BCUT2D eigenvalue weighted by atomic mass is 16.5. The van der Waals surface area contributed by atoms with Gasteiger partial charge in [0.15, 0.2) is 0 Å². The molecule has 5 aromatic rings. The summed E-state index contributed by atoms with van der Waals surface area (Å²) in [4.78, 5) is 45.0. The smallest absolute Gasteiger partial charge is 0.325 e. The van der Waals surface area contributed by atoms with Crippen molar-refractivity contribution in [1.29, 1.82) is 0 Å². The van der Waals surface area contributed by atoms with E-state index in [9.17, 15) is 14.4 Å². The predicted molar refractivity (Wildman–Crippen MR) is 146 cm³/mol. The summed E-state index contributed by atoms with van der Waals surface area (Å²) in [6.07, 6.45) is 3.57. The van der Waals surface area contributed by atoms with Gasteiger partial charge in [0, 0.05) is 45.3 Å². The Hall–Kier alpha value is -4.91. The van der Waals surface area contributed by atoms with Crippen LogP contribution in [0, 0.1) is 0 Å². The van der Waals surface area contributed by atoms with E-state index in [4.69, 9.17) is 4.74 Å². The minimum atomic E-state index is -0.370. The predicted octanol–water partition coefficient (Wildman–Crippen LogP) is 5.17. The molecule has 38 heavy (non-hydrogen) atoms. The molecule has 0 bridgehead atoms. The van der Waals surface area contributed by atoms with Crippen molar-refractivity contribution in [2.24, 2.45) is 0 Å². The van der Waals surface area contributed by atoms with Crippen LogP contribution in [-0.4, -0.2) is 38.8 Å². The van der Waals surface area contributed by atoms with Crippen LogP contribution in [0.5, 0.6) is 0 Å². The number of H-pyrrole nitrogens is 1. The van der Waals surface area contributed by atoms with Gasteiger partial charge in [-0.1, -0.05) is 66.7 Å². The first-order valence-electron chi connectivity index (χ1n) is 12.5. The summed E-state index contributed by atoms with van der Waals surface area (Å²) in [6, 6.07) is 24.7. The van der Waals surface area contributed by atoms with Gasteiger partial charge in [0.25, 0.3) is 11.8 Å². The molecule has 0 saturated heterocycles. The highest BCUT2D eigenvalue weighted by Crippen LogP contribution is 2.41. The lowest BCUT2D eigenvalue weighted by Gasteiger charge is -2.15. The second-order valence-electron chi connectivity index (χ2n) is 9.17. The quantitative estimate of drug-likeness (QED) is 0.245. The van der Waals surface area contributed by atoms with Crippen molar-refractivity contribution in [2.75, 3.05) is 6.61 Å². The average Bonchev–Trinajstić information content (AvgIpc) is 3.58. The fourth-order valence-corrected chi connectivity index (χ4v) is 5.19. The number of amides is 2. The van der Waals surface area contributed by atoms with Gasteiger partial charge in [-0.3, -0.25) is 19.3 Å². The molecule has 2 amide bonds. The Morgan fingerprint density at radius 3 is 2.24 bits per heavy atom. The molecule has 0 radical (unpaired) electrons. The monoisotopic (exact) mass is 503 g/mol. The molecule has 0 aliphatic carbocycles. The van der Waals surface area contributed by atoms with Gasteiger partial charge in [-0.2, -0.15) is 0 Å². The Morgan fingerprint density at radius 2 is 1.47 bits per heavy atom. The maximum absolute atomic E-state index is 14.1. The highest BCUT2D eigenvalue weighted by Gasteiger charge is 2.41. The van der Waals surface area contributed by atoms with Gasteiger partial charge >= 0.3 is 5.97 Å². The van der Waals surface area contributed by atoms with E-state index in [1.807, 2.05) is 78.9 Å². The minimum absolute atomic E-state index is 0.0000808. The lowest BCUT2D eigenvalue weighted by Crippen LogP contribution is -2.30. The molecule has 7 heteroatoms. The number of carbonyl (C=O) groups excluding carboxylic acids is 3. The molecule has 1 aliphatic heterocycles. The average molecular weight is 504 g/mol. The van der Waals surface area contributed by atoms with Crippen LogP contribution in [0.2, 0.25) is 0 Å². The Balaban J connectivity index is 1.56. The Labute approximate surface area is 218 Å². The van der Waals surface area contributed by atoms with Gasteiger partial charge in [-0.05, 0) is 24.6 Å². The zero-order chi connectivity index (χ0) is 26.2. The van der Waals surface area contributed by atoms with Crippen LogP contribution >= 0.6 is 0 Å². The number of nitrogens with one attached hydrogen (secondary N) is 1. The van der Waals surface area contributed by atoms with E-state index in [1.54, 1.807) is 23.9 Å². The summed E-state index contributed by atoms with van der Waals surface area (Å²) in [5.41, 5.74) is 4.48. The molecule has 0 saturated carbocycles. The SMILES string of the molecule is CCOC(=O)Cn1cc(C2=C(c3c[nH]c4ccccc34)C(=O)N(Cc3ccccc3)C2=O)c2ccccc21. The summed E-state index contributed by atoms with van der Waals surface area (Å²) < 4.78 is 6.95. The van der Waals surface area contributed by atoms with Crippen LogP contribution in [0.4, 0.5) is 0 Å². The summed E-state index contributed by atoms with van der Waals surface area (Å²) in [5.74, 6) is -1.08. The second-order valence-corrected chi connectivity index (χ2v) is 9.17. The van der Waals surface area contributed by atoms with E-state index in [0.717, 1.165) is 27.4 Å². The first-order chi connectivity index (χ1) is 18.6. The molecular weight excluding hydrogens is 478 g/mol. The summed E-state index contributed by atoms with van der Waals surface area (Å²) in [6.45, 7) is 2.21. The number of aromatic amines is 1. The summed E-state index contributed by atoms with van der Waals surface area (Å²) >= 11 is 0. The second kappa shape index (κ2) is 9.52. The topological polar surface area (TPSA) is 84.4 Å². The van der Waals surface area contributed by atoms with Crippen molar-refractivity contribution < 1.29 is 19.1 Å². The molecule has 0 spiro atoms. The summed E-state index contributed by atoms with van der Waals surface area (Å²) in [5, 5.41) is 1.64. The number of carbonyl (C=O) groups is 3. The maximum atomic E-state index is 14.1. The lowest BCUT2D eigenvalue weighted by molar-refractivity contribution is -0.143. The number of para-hydroxylation sites is 2. The lowest BCUT2D eigenvalue weighted by atomic mass is 9.95. The Bertz CT molecular complexity index is 1740. The largest absolute Gasteiger partial charge is 0.465 e. The van der Waals surface area contributed by atoms with Crippen molar-refractivity contribution in [3.8, 4) is 0 Å². The molecular formula is C31H25N3O4. The van der Waals surface area contributed by atoms with Crippen molar-refractivity contribution in [2.45, 2.75) is 20.0 Å². The van der Waals surface area contributed by atoms with Crippen molar-refractivity contribution >= 4 is 50.7 Å². The zero-order valence-corrected chi connectivity index (χ0v) is 20.8. The number of hydrogen-bond acceptors (Lipinski definition) is 4. The van der Waals surface area contributed by atoms with Crippen LogP contribution in [-0.2, 0) is 32.2 Å². The molecule has 3 aromatic carbocycles. The number of benzene rings is 3. The third kappa shape index (κ3) is 3.89. The van der Waals surface area contributed by atoms with E-state index in [2.05, 4.69) is 4.98 Å². The fourth-order valence-electron chi connectivity index (χ4n) is 5.19. The fraction of sp³-hybridized carbons (Fsp3) is 0.129. The normalized spacial score (nSPS) is 13.8. The number of hydrogen-bond donors (Lipinski definition) is 1. The number of nitrogens with zero attached hydrogens (tertiary/aromatic N) is 2. The Kier molecular flexibility index (Phi) is 5.88. The number of esters is 1. The minimum Gasteiger partial charge on any atom is -0.465 e. The van der Waals surface area contributed by atoms with Crippen LogP contribution in [0.3, 0.4) is 0 Å². The van der Waals surface area contributed by atoms with Crippen LogP contribution in [0.15, 0.2) is 91.3 Å². The van der Waals surface area contributed by atoms with Gasteiger partial charge in [0.2, 0.25) is 0 Å². The van der Waals surface area contributed by atoms with E-state index in [1.165, 1.54) is 4.90 Å². The van der Waals surface area contributed by atoms with Crippen LogP contribution in [0.1, 0.15) is 23.6 Å². The van der Waals surface area contributed by atoms with Gasteiger partial charge in [0.1, 0.15) is 6.54 Å². The Morgan fingerprint density at radius 1 is 0.816 bits per heavy atom. The third-order valence-electron chi connectivity index (χ3n) is 6.87. The first-order valence-corrected chi connectivity index (χ1v) is 12.5. The van der Waals surface area contributed by atoms with Crippen LogP contribution < -0.4 is 0 Å². The number of aromatic nitrogens is 2. The highest BCUT2D eigenvalue weighted by molar-refractivity contribution is 6.50. The van der Waals surface area contributed by atoms with Crippen molar-refractivity contribution in [1.82, 2.24) is 14.5 Å². The van der Waals surface area contributed by atoms with E-state index in [-0.39, 0.29) is 37.5 Å².